The molecule has 4 heterocycles. The summed E-state index contributed by atoms with van der Waals surface area (Å²) >= 11 is 8.82. The summed E-state index contributed by atoms with van der Waals surface area (Å²) in [6.07, 6.45) is 8.58. The molecule has 0 radical (unpaired) electrons. The zero-order valence-electron chi connectivity index (χ0n) is 17.8. The minimum atomic E-state index is -0.171. The Morgan fingerprint density at radius 2 is 2.03 bits per heavy atom. The van der Waals surface area contributed by atoms with Crippen molar-refractivity contribution >= 4 is 50.8 Å². The van der Waals surface area contributed by atoms with Gasteiger partial charge in [0.2, 0.25) is 0 Å². The van der Waals surface area contributed by atoms with Gasteiger partial charge in [-0.25, -0.2) is 15.0 Å². The second-order valence-electron chi connectivity index (χ2n) is 7.78. The zero-order valence-corrected chi connectivity index (χ0v) is 20.2. The van der Waals surface area contributed by atoms with Gasteiger partial charge in [-0.3, -0.25) is 14.2 Å². The molecule has 1 aliphatic rings. The maximum atomic E-state index is 13.0. The van der Waals surface area contributed by atoms with E-state index in [1.165, 1.54) is 29.3 Å². The number of amides is 1. The van der Waals surface area contributed by atoms with Gasteiger partial charge >= 0.3 is 4.87 Å². The summed E-state index contributed by atoms with van der Waals surface area (Å²) in [6, 6.07) is 7.82. The summed E-state index contributed by atoms with van der Waals surface area (Å²) in [6.45, 7) is 1.60. The van der Waals surface area contributed by atoms with E-state index in [-0.39, 0.29) is 27.4 Å². The Morgan fingerprint density at radius 3 is 2.82 bits per heavy atom. The van der Waals surface area contributed by atoms with E-state index < -0.39 is 0 Å². The van der Waals surface area contributed by atoms with Crippen LogP contribution in [0.15, 0.2) is 52.8 Å². The predicted octanol–water partition coefficient (Wildman–Crippen LogP) is 3.95. The van der Waals surface area contributed by atoms with Crippen LogP contribution in [0.4, 0.5) is 0 Å². The first-order chi connectivity index (χ1) is 16.0. The lowest BCUT2D eigenvalue weighted by atomic mass is 9.95. The summed E-state index contributed by atoms with van der Waals surface area (Å²) in [7, 11) is 0. The van der Waals surface area contributed by atoms with Crippen molar-refractivity contribution in [3.63, 3.8) is 0 Å². The van der Waals surface area contributed by atoms with Crippen LogP contribution in [-0.4, -0.2) is 54.2 Å². The number of hydrogen-bond acceptors (Lipinski definition) is 7. The molecule has 1 aliphatic heterocycles. The number of fused-ring (bicyclic) bond motifs is 1. The lowest BCUT2D eigenvalue weighted by molar-refractivity contribution is 0.0703. The molecular formula is C22H21ClN6O2S2. The zero-order chi connectivity index (χ0) is 22.9. The molecule has 4 aromatic rings. The van der Waals surface area contributed by atoms with E-state index in [2.05, 4.69) is 15.0 Å². The lowest BCUT2D eigenvalue weighted by Gasteiger charge is -2.32. The topological polar surface area (TPSA) is 85.9 Å². The highest BCUT2D eigenvalue weighted by atomic mass is 35.5. The Balaban J connectivity index is 1.31. The van der Waals surface area contributed by atoms with Crippen molar-refractivity contribution in [2.45, 2.75) is 30.6 Å². The van der Waals surface area contributed by atoms with Gasteiger partial charge in [0.15, 0.2) is 10.9 Å². The van der Waals surface area contributed by atoms with Gasteiger partial charge in [0, 0.05) is 31.4 Å². The average Bonchev–Trinajstić information content (AvgIpc) is 3.43. The van der Waals surface area contributed by atoms with Crippen LogP contribution in [0.25, 0.3) is 10.2 Å². The van der Waals surface area contributed by atoms with E-state index in [0.717, 1.165) is 28.9 Å². The third-order valence-corrected chi connectivity index (χ3v) is 7.67. The quantitative estimate of drug-likeness (QED) is 0.304. The number of thioether (sulfide) groups is 1. The normalized spacial score (nSPS) is 14.8. The molecule has 11 heteroatoms. The summed E-state index contributed by atoms with van der Waals surface area (Å²) < 4.78 is 4.79. The average molecular weight is 501 g/mol. The molecule has 0 saturated carbocycles. The van der Waals surface area contributed by atoms with Gasteiger partial charge < -0.3 is 9.47 Å². The summed E-state index contributed by atoms with van der Waals surface area (Å²) in [4.78, 5) is 40.4. The highest BCUT2D eigenvalue weighted by molar-refractivity contribution is 7.98. The molecule has 0 atom stereocenters. The van der Waals surface area contributed by atoms with Crippen LogP contribution in [0.1, 0.15) is 35.1 Å². The van der Waals surface area contributed by atoms with Gasteiger partial charge in [0.25, 0.3) is 5.91 Å². The van der Waals surface area contributed by atoms with Crippen molar-refractivity contribution in [1.82, 2.24) is 29.0 Å². The van der Waals surface area contributed by atoms with Gasteiger partial charge in [0.05, 0.1) is 21.4 Å². The molecule has 0 bridgehead atoms. The van der Waals surface area contributed by atoms with E-state index in [9.17, 15) is 9.59 Å². The van der Waals surface area contributed by atoms with Crippen molar-refractivity contribution in [3.05, 3.63) is 69.1 Å². The van der Waals surface area contributed by atoms with Crippen LogP contribution in [0.2, 0.25) is 5.02 Å². The smallest absolute Gasteiger partial charge is 0.309 e. The minimum absolute atomic E-state index is 0.0163. The molecule has 33 heavy (non-hydrogen) atoms. The highest BCUT2D eigenvalue weighted by Crippen LogP contribution is 2.29. The fourth-order valence-corrected chi connectivity index (χ4v) is 5.59. The van der Waals surface area contributed by atoms with E-state index in [4.69, 9.17) is 11.6 Å². The number of halogens is 1. The van der Waals surface area contributed by atoms with Crippen LogP contribution in [0, 0.1) is 0 Å². The van der Waals surface area contributed by atoms with Gasteiger partial charge in [0.1, 0.15) is 12.5 Å². The molecule has 1 aromatic carbocycles. The molecule has 3 aromatic heterocycles. The number of thiazole rings is 1. The Kier molecular flexibility index (Phi) is 6.22. The molecule has 0 unspecified atom stereocenters. The fraction of sp³-hybridized carbons (Fsp3) is 0.318. The first kappa shape index (κ1) is 22.1. The maximum Gasteiger partial charge on any atom is 0.309 e. The molecule has 0 aliphatic carbocycles. The first-order valence-electron chi connectivity index (χ1n) is 10.5. The minimum Gasteiger partial charge on any atom is -0.337 e. The number of carbonyl (C=O) groups excluding carboxylic acids is 1. The Morgan fingerprint density at radius 1 is 1.24 bits per heavy atom. The largest absolute Gasteiger partial charge is 0.337 e. The van der Waals surface area contributed by atoms with Crippen molar-refractivity contribution < 1.29 is 4.79 Å². The molecular weight excluding hydrogens is 480 g/mol. The highest BCUT2D eigenvalue weighted by Gasteiger charge is 2.29. The first-order valence-corrected chi connectivity index (χ1v) is 12.9. The van der Waals surface area contributed by atoms with Gasteiger partial charge in [-0.05, 0) is 31.2 Å². The number of carbonyl (C=O) groups is 1. The van der Waals surface area contributed by atoms with Crippen molar-refractivity contribution in [1.29, 1.82) is 0 Å². The number of likely N-dealkylation sites (tertiary alicyclic amines) is 1. The van der Waals surface area contributed by atoms with Gasteiger partial charge in [-0.2, -0.15) is 0 Å². The number of imidazole rings is 1. The number of hydrogen-bond donors (Lipinski definition) is 0. The van der Waals surface area contributed by atoms with Crippen molar-refractivity contribution in [2.75, 3.05) is 19.3 Å². The Bertz CT molecular complexity index is 1370. The summed E-state index contributed by atoms with van der Waals surface area (Å²) in [5.41, 5.74) is 1.18. The van der Waals surface area contributed by atoms with Crippen LogP contribution in [-0.2, 0) is 6.67 Å². The van der Waals surface area contributed by atoms with E-state index in [1.807, 2.05) is 41.3 Å². The predicted molar refractivity (Wildman–Crippen MR) is 130 cm³/mol. The SMILES string of the molecule is CSc1ncc(Cl)c(C(=O)N2CCC(c3nccn3Cn3c(=O)sc4ccccc43)CC2)n1. The number of para-hydroxylation sites is 1. The monoisotopic (exact) mass is 500 g/mol. The maximum absolute atomic E-state index is 13.0. The number of rotatable bonds is 5. The molecule has 170 valence electrons. The molecule has 8 nitrogen and oxygen atoms in total. The second-order valence-corrected chi connectivity index (χ2v) is 9.95. The van der Waals surface area contributed by atoms with Crippen LogP contribution in [0.5, 0.6) is 0 Å². The Labute approximate surface area is 203 Å². The standard InChI is InChI=1S/C22H21ClN6O2S2/c1-32-21-25-12-15(23)18(26-21)20(30)27-9-6-14(7-10-27)19-24-8-11-28(19)13-29-16-4-2-3-5-17(16)33-22(29)31/h2-5,8,11-12,14H,6-7,9-10,13H2,1H3. The van der Waals surface area contributed by atoms with E-state index in [0.29, 0.717) is 24.9 Å². The van der Waals surface area contributed by atoms with Crippen LogP contribution < -0.4 is 4.87 Å². The summed E-state index contributed by atoms with van der Waals surface area (Å²) in [5.74, 6) is 0.970. The molecule has 1 saturated heterocycles. The van der Waals surface area contributed by atoms with Crippen LogP contribution >= 0.6 is 34.7 Å². The van der Waals surface area contributed by atoms with E-state index in [1.54, 1.807) is 15.7 Å². The van der Waals surface area contributed by atoms with Crippen LogP contribution in [0.3, 0.4) is 0 Å². The van der Waals surface area contributed by atoms with Crippen molar-refractivity contribution in [3.8, 4) is 0 Å². The second kappa shape index (κ2) is 9.28. The molecule has 5 rings (SSSR count). The molecule has 1 amide bonds. The van der Waals surface area contributed by atoms with E-state index >= 15 is 0 Å². The lowest BCUT2D eigenvalue weighted by Crippen LogP contribution is -2.39. The Hall–Kier alpha value is -2.69. The molecule has 0 N–H and O–H groups in total. The third-order valence-electron chi connectivity index (χ3n) is 5.87. The number of aromatic nitrogens is 5. The number of nitrogens with zero attached hydrogens (tertiary/aromatic N) is 6. The number of benzene rings is 1. The van der Waals surface area contributed by atoms with Gasteiger partial charge in [-0.1, -0.05) is 46.8 Å². The number of piperidine rings is 1. The molecule has 1 fully saturated rings. The van der Waals surface area contributed by atoms with Crippen molar-refractivity contribution in [2.24, 2.45) is 0 Å². The third kappa shape index (κ3) is 4.30. The fourth-order valence-electron chi connectivity index (χ4n) is 4.19. The summed E-state index contributed by atoms with van der Waals surface area (Å²) in [5, 5.41) is 0.791. The molecule has 0 spiro atoms. The van der Waals surface area contributed by atoms with Gasteiger partial charge in [-0.15, -0.1) is 0 Å².